The van der Waals surface area contributed by atoms with Gasteiger partial charge in [-0.25, -0.2) is 4.79 Å². The van der Waals surface area contributed by atoms with Gasteiger partial charge in [0.05, 0.1) is 43.2 Å². The fourth-order valence-electron chi connectivity index (χ4n) is 10.7. The van der Waals surface area contributed by atoms with Gasteiger partial charge in [0.2, 0.25) is 0 Å². The molecule has 4 fully saturated rings. The minimum atomic E-state index is -0.944. The van der Waals surface area contributed by atoms with Crippen LogP contribution >= 0.6 is 12.2 Å². The molecule has 8 nitrogen and oxygen atoms in total. The third-order valence-corrected chi connectivity index (χ3v) is 15.1. The van der Waals surface area contributed by atoms with E-state index in [9.17, 15) is 25.2 Å². The summed E-state index contributed by atoms with van der Waals surface area (Å²) in [4.78, 5) is 11.8. The van der Waals surface area contributed by atoms with Gasteiger partial charge in [-0.2, -0.15) is 0 Å². The number of hydrogen-bond donors (Lipinski definition) is 5. The van der Waals surface area contributed by atoms with Crippen molar-refractivity contribution in [1.29, 1.82) is 0 Å². The van der Waals surface area contributed by atoms with Crippen molar-refractivity contribution in [2.24, 2.45) is 28.1 Å². The predicted octanol–water partition coefficient (Wildman–Crippen LogP) is 9.41. The highest BCUT2D eigenvalue weighted by Crippen LogP contribution is 2.57. The topological polar surface area (TPSA) is 137 Å². The summed E-state index contributed by atoms with van der Waals surface area (Å²) in [5, 5.41) is 49.1. The number of carbonyl (C=O) groups is 1. The van der Waals surface area contributed by atoms with Crippen molar-refractivity contribution in [3.8, 4) is 0 Å². The van der Waals surface area contributed by atoms with Crippen molar-refractivity contribution < 1.29 is 39.8 Å². The molecule has 6 aliphatic rings. The Kier molecular flexibility index (Phi) is 15.6. The van der Waals surface area contributed by atoms with E-state index < -0.39 is 30.4 Å². The molecule has 59 heavy (non-hydrogen) atoms. The van der Waals surface area contributed by atoms with Crippen LogP contribution in [0, 0.1) is 28.1 Å². The van der Waals surface area contributed by atoms with Crippen molar-refractivity contribution in [3.05, 3.63) is 94.2 Å². The van der Waals surface area contributed by atoms with Gasteiger partial charge in [0, 0.05) is 17.7 Å². The molecule has 0 bridgehead atoms. The standard InChI is InChI=1S/C27H40O3S.C23H32O5/c1-17-20(14-21(28)15-24(17)29)10-9-19-8-7-13-27(6)22(11-12-23(19)27)18(2)30-16-25(31)26(3,4)5;1-14-17(11-18(24)12-21(14)25)7-6-16-5-4-10-23(3)19(8-9-20(16)23)15(2)28-13-22(26)27/h9-11,18,21,23-24,28-29H,1,7-8,12-16H2,2-6H3;6-8,15,18,20-21,24-25H,1,4-5,9-13H2,2-3H3,(H,26,27)/t18-,21+,23-,24-,27+;15-,18+,20?,21-,23+/m00/s1. The lowest BCUT2D eigenvalue weighted by Gasteiger charge is -2.42. The Hall–Kier alpha value is -2.76. The van der Waals surface area contributed by atoms with Gasteiger partial charge in [-0.1, -0.05) is 108 Å². The van der Waals surface area contributed by atoms with E-state index in [1.165, 1.54) is 35.1 Å². The second-order valence-corrected chi connectivity index (χ2v) is 20.0. The molecule has 0 amide bonds. The van der Waals surface area contributed by atoms with Crippen LogP contribution in [0.5, 0.6) is 0 Å². The number of fused-ring (bicyclic) bond motifs is 2. The molecular weight excluding hydrogens is 761 g/mol. The van der Waals surface area contributed by atoms with Crippen LogP contribution in [0.2, 0.25) is 0 Å². The maximum Gasteiger partial charge on any atom is 0.329 e. The number of hydrogen-bond acceptors (Lipinski definition) is 8. The molecule has 4 saturated carbocycles. The van der Waals surface area contributed by atoms with E-state index in [0.717, 1.165) is 60.1 Å². The highest BCUT2D eigenvalue weighted by molar-refractivity contribution is 7.80. The Morgan fingerprint density at radius 3 is 1.58 bits per heavy atom. The van der Waals surface area contributed by atoms with Crippen LogP contribution in [-0.4, -0.2) is 86.2 Å². The molecule has 0 aromatic heterocycles. The van der Waals surface area contributed by atoms with Crippen LogP contribution in [0.25, 0.3) is 0 Å². The van der Waals surface area contributed by atoms with E-state index in [1.54, 1.807) is 0 Å². The summed E-state index contributed by atoms with van der Waals surface area (Å²) >= 11 is 5.57. The van der Waals surface area contributed by atoms with Crippen LogP contribution in [-0.2, 0) is 14.3 Å². The predicted molar refractivity (Wildman–Crippen MR) is 240 cm³/mol. The molecule has 0 aromatic rings. The van der Waals surface area contributed by atoms with E-state index >= 15 is 0 Å². The minimum Gasteiger partial charge on any atom is -0.480 e. The number of rotatable bonds is 10. The number of carboxylic acid groups (broad SMARTS) is 1. The second-order valence-electron chi connectivity index (χ2n) is 19.5. The first-order chi connectivity index (χ1) is 27.6. The van der Waals surface area contributed by atoms with Crippen molar-refractivity contribution in [2.75, 3.05) is 13.2 Å². The SMILES string of the molecule is C=C1C(=CC=C2CCC[C@]3(C)C([C@H](C)OCC(=O)O)=CCC23)C[C@@H](O)C[C@@H]1O.C=C1C(=CC=C2CCC[C@]3(C)C([C@H](C)OCC(=S)C(C)(C)C)=CC[C@@H]23)C[C@@H](O)C[C@@H]1O. The summed E-state index contributed by atoms with van der Waals surface area (Å²) in [7, 11) is 0. The smallest absolute Gasteiger partial charge is 0.329 e. The van der Waals surface area contributed by atoms with E-state index in [0.29, 0.717) is 49.7 Å². The molecule has 5 N–H and O–H groups in total. The Morgan fingerprint density at radius 2 is 1.19 bits per heavy atom. The molecular formula is C50H72O8S. The number of carboxylic acids is 1. The van der Waals surface area contributed by atoms with Gasteiger partial charge < -0.3 is 35.0 Å². The zero-order valence-electron chi connectivity index (χ0n) is 36.8. The summed E-state index contributed by atoms with van der Waals surface area (Å²) in [6.45, 7) is 23.5. The zero-order valence-corrected chi connectivity index (χ0v) is 37.6. The maximum absolute atomic E-state index is 10.8. The van der Waals surface area contributed by atoms with Gasteiger partial charge in [-0.3, -0.25) is 0 Å². The Labute approximate surface area is 359 Å². The van der Waals surface area contributed by atoms with Gasteiger partial charge in [-0.15, -0.1) is 0 Å². The van der Waals surface area contributed by atoms with Crippen LogP contribution in [0.4, 0.5) is 0 Å². The highest BCUT2D eigenvalue weighted by atomic mass is 32.1. The van der Waals surface area contributed by atoms with Crippen LogP contribution in [0.3, 0.4) is 0 Å². The highest BCUT2D eigenvalue weighted by Gasteiger charge is 2.48. The average molecular weight is 833 g/mol. The third kappa shape index (κ3) is 11.0. The number of aliphatic hydroxyl groups is 4. The normalized spacial score (nSPS) is 36.1. The zero-order chi connectivity index (χ0) is 43.4. The maximum atomic E-state index is 10.8. The Balaban J connectivity index is 0.000000225. The summed E-state index contributed by atoms with van der Waals surface area (Å²) in [5.41, 5.74) is 8.93. The molecule has 0 heterocycles. The van der Waals surface area contributed by atoms with Crippen LogP contribution < -0.4 is 0 Å². The molecule has 6 aliphatic carbocycles. The number of aliphatic hydroxyl groups excluding tert-OH is 4. The van der Waals surface area contributed by atoms with Gasteiger partial charge in [-0.05, 0) is 140 Å². The fourth-order valence-corrected chi connectivity index (χ4v) is 10.8. The minimum absolute atomic E-state index is 0.00985. The fraction of sp³-hybridized carbons (Fsp3) is 0.640. The number of aliphatic carboxylic acids is 1. The molecule has 0 saturated heterocycles. The van der Waals surface area contributed by atoms with Gasteiger partial charge in [0.1, 0.15) is 6.61 Å². The van der Waals surface area contributed by atoms with Crippen molar-refractivity contribution in [3.63, 3.8) is 0 Å². The molecule has 0 spiro atoms. The Bertz CT molecular complexity index is 1810. The second kappa shape index (κ2) is 19.5. The van der Waals surface area contributed by atoms with Crippen molar-refractivity contribution in [2.45, 2.75) is 162 Å². The molecule has 326 valence electrons. The lowest BCUT2D eigenvalue weighted by atomic mass is 9.63. The Morgan fingerprint density at radius 1 is 0.780 bits per heavy atom. The summed E-state index contributed by atoms with van der Waals surface area (Å²) in [5.74, 6) is -0.0730. The first-order valence-corrected chi connectivity index (χ1v) is 22.4. The van der Waals surface area contributed by atoms with Gasteiger partial charge >= 0.3 is 5.97 Å². The van der Waals surface area contributed by atoms with Gasteiger partial charge in [0.15, 0.2) is 0 Å². The molecule has 0 radical (unpaired) electrons. The summed E-state index contributed by atoms with van der Waals surface area (Å²) < 4.78 is 11.8. The van der Waals surface area contributed by atoms with Crippen LogP contribution in [0.1, 0.15) is 126 Å². The molecule has 9 heteroatoms. The number of thiocarbonyl (C=S) groups is 1. The summed E-state index contributed by atoms with van der Waals surface area (Å²) in [6.07, 6.45) is 21.2. The molecule has 1 unspecified atom stereocenters. The first kappa shape index (κ1) is 47.3. The van der Waals surface area contributed by atoms with Crippen molar-refractivity contribution in [1.82, 2.24) is 0 Å². The monoisotopic (exact) mass is 832 g/mol. The lowest BCUT2D eigenvalue weighted by Crippen LogP contribution is -2.35. The van der Waals surface area contributed by atoms with E-state index in [4.69, 9.17) is 26.8 Å². The van der Waals surface area contributed by atoms with E-state index in [-0.39, 0.29) is 35.1 Å². The first-order valence-electron chi connectivity index (χ1n) is 21.9. The molecule has 10 atom stereocenters. The van der Waals surface area contributed by atoms with E-state index in [2.05, 4.69) is 85.1 Å². The van der Waals surface area contributed by atoms with E-state index in [1.807, 2.05) is 13.0 Å². The lowest BCUT2D eigenvalue weighted by molar-refractivity contribution is -0.143. The quantitative estimate of drug-likeness (QED) is 0.108. The number of allylic oxidation sites excluding steroid dienone is 8. The average Bonchev–Trinajstić information content (AvgIpc) is 3.71. The summed E-state index contributed by atoms with van der Waals surface area (Å²) in [6, 6.07) is 0. The van der Waals surface area contributed by atoms with Gasteiger partial charge in [0.25, 0.3) is 0 Å². The van der Waals surface area contributed by atoms with Crippen molar-refractivity contribution >= 4 is 23.1 Å². The molecule has 6 rings (SSSR count). The largest absolute Gasteiger partial charge is 0.480 e. The van der Waals surface area contributed by atoms with Crippen LogP contribution in [0.15, 0.2) is 94.2 Å². The molecule has 0 aromatic carbocycles. The molecule has 0 aliphatic heterocycles. The third-order valence-electron chi connectivity index (χ3n) is 14.4. The number of ether oxygens (including phenoxy) is 2.